The van der Waals surface area contributed by atoms with Crippen LogP contribution in [0.15, 0.2) is 24.3 Å². The fourth-order valence-corrected chi connectivity index (χ4v) is 6.24. The van der Waals surface area contributed by atoms with E-state index in [4.69, 9.17) is 4.74 Å². The van der Waals surface area contributed by atoms with Crippen molar-refractivity contribution < 1.29 is 29.0 Å². The van der Waals surface area contributed by atoms with Crippen molar-refractivity contribution >= 4 is 24.0 Å². The Morgan fingerprint density at radius 2 is 1.72 bits per heavy atom. The van der Waals surface area contributed by atoms with Crippen molar-refractivity contribution in [1.82, 2.24) is 20.9 Å². The van der Waals surface area contributed by atoms with Crippen LogP contribution in [0.1, 0.15) is 89.3 Å². The first-order valence-electron chi connectivity index (χ1n) is 14.2. The Morgan fingerprint density at radius 3 is 2.41 bits per heavy atom. The number of hydrogen-bond donors (Lipinski definition) is 4. The number of rotatable bonds is 6. The predicted molar refractivity (Wildman–Crippen MR) is 145 cm³/mol. The molecule has 0 spiro atoms. The molecule has 39 heavy (non-hydrogen) atoms. The van der Waals surface area contributed by atoms with Gasteiger partial charge in [0, 0.05) is 6.54 Å². The minimum atomic E-state index is -1.20. The smallest absolute Gasteiger partial charge is 0.408 e. The van der Waals surface area contributed by atoms with Crippen molar-refractivity contribution in [3.8, 4) is 0 Å². The molecule has 214 valence electrons. The molecule has 4 rings (SSSR count). The summed E-state index contributed by atoms with van der Waals surface area (Å²) in [6.07, 6.45) is 5.55. The van der Waals surface area contributed by atoms with E-state index < -0.39 is 35.9 Å². The molecule has 0 radical (unpaired) electrons. The third-order valence-corrected chi connectivity index (χ3v) is 7.96. The fourth-order valence-electron chi connectivity index (χ4n) is 6.24. The van der Waals surface area contributed by atoms with Gasteiger partial charge < -0.3 is 30.7 Å². The maximum Gasteiger partial charge on any atom is 0.408 e. The van der Waals surface area contributed by atoms with Crippen molar-refractivity contribution in [3.05, 3.63) is 35.4 Å². The molecule has 10 heteroatoms. The minimum absolute atomic E-state index is 0.0592. The van der Waals surface area contributed by atoms with Crippen LogP contribution in [-0.4, -0.2) is 64.3 Å². The second kappa shape index (κ2) is 12.3. The first kappa shape index (κ1) is 28.7. The molecule has 3 aliphatic rings. The molecule has 0 aromatic heterocycles. The van der Waals surface area contributed by atoms with Crippen LogP contribution in [0.3, 0.4) is 0 Å². The monoisotopic (exact) mass is 542 g/mol. The van der Waals surface area contributed by atoms with Crippen molar-refractivity contribution in [3.63, 3.8) is 0 Å². The van der Waals surface area contributed by atoms with Crippen molar-refractivity contribution in [1.29, 1.82) is 0 Å². The number of ether oxygens (including phenoxy) is 1. The topological polar surface area (TPSA) is 137 Å². The van der Waals surface area contributed by atoms with Crippen LogP contribution in [0, 0.1) is 5.92 Å². The van der Waals surface area contributed by atoms with E-state index in [1.165, 1.54) is 10.5 Å². The van der Waals surface area contributed by atoms with Crippen LogP contribution >= 0.6 is 0 Å². The van der Waals surface area contributed by atoms with E-state index in [9.17, 15) is 24.3 Å². The Bertz CT molecular complexity index is 1060. The number of hydrogen-bond acceptors (Lipinski definition) is 5. The predicted octanol–water partition coefficient (Wildman–Crippen LogP) is 3.89. The lowest BCUT2D eigenvalue weighted by Crippen LogP contribution is -2.57. The molecule has 2 fully saturated rings. The number of carboxylic acid groups (broad SMARTS) is 1. The number of fused-ring (bicyclic) bond motifs is 1. The second-order valence-electron chi connectivity index (χ2n) is 12.1. The number of benzene rings is 1. The molecular weight excluding hydrogens is 500 g/mol. The average molecular weight is 543 g/mol. The summed E-state index contributed by atoms with van der Waals surface area (Å²) in [5.41, 5.74) is 1.56. The van der Waals surface area contributed by atoms with Gasteiger partial charge in [0.25, 0.3) is 0 Å². The van der Waals surface area contributed by atoms with E-state index >= 15 is 0 Å². The number of carbonyl (C=O) groups excluding carboxylic acids is 3. The number of likely N-dealkylation sites (tertiary alicyclic amines) is 1. The zero-order valence-electron chi connectivity index (χ0n) is 23.2. The zero-order valence-corrected chi connectivity index (χ0v) is 23.2. The van der Waals surface area contributed by atoms with E-state index in [-0.39, 0.29) is 36.7 Å². The minimum Gasteiger partial charge on any atom is -0.465 e. The summed E-state index contributed by atoms with van der Waals surface area (Å²) in [5.74, 6) is -0.759. The average Bonchev–Trinajstić information content (AvgIpc) is 3.30. The molecule has 0 unspecified atom stereocenters. The van der Waals surface area contributed by atoms with Crippen molar-refractivity contribution in [2.24, 2.45) is 5.92 Å². The molecular formula is C29H42N4O6. The lowest BCUT2D eigenvalue weighted by Gasteiger charge is -2.35. The summed E-state index contributed by atoms with van der Waals surface area (Å²) >= 11 is 0. The molecule has 1 aromatic carbocycles. The lowest BCUT2D eigenvalue weighted by molar-refractivity contribution is -0.141. The van der Waals surface area contributed by atoms with E-state index in [1.807, 2.05) is 18.2 Å². The van der Waals surface area contributed by atoms with Crippen molar-refractivity contribution in [2.45, 2.75) is 108 Å². The first-order chi connectivity index (χ1) is 18.5. The van der Waals surface area contributed by atoms with Gasteiger partial charge in [-0.05, 0) is 76.3 Å². The number of amides is 4. The Labute approximate surface area is 230 Å². The number of alkyl carbamates (subject to hydrolysis) is 1. The Hall–Kier alpha value is -3.30. The molecule has 1 aliphatic heterocycles. The molecule has 4 atom stereocenters. The van der Waals surface area contributed by atoms with Gasteiger partial charge in [-0.3, -0.25) is 9.59 Å². The zero-order chi connectivity index (χ0) is 28.2. The van der Waals surface area contributed by atoms with Gasteiger partial charge in [0.15, 0.2) is 0 Å². The maximum absolute atomic E-state index is 14.1. The third-order valence-electron chi connectivity index (χ3n) is 7.96. The van der Waals surface area contributed by atoms with Crippen molar-refractivity contribution in [2.75, 3.05) is 6.54 Å². The molecule has 4 N–H and O–H groups in total. The quantitative estimate of drug-likeness (QED) is 0.430. The Kier molecular flexibility index (Phi) is 9.02. The highest BCUT2D eigenvalue weighted by Gasteiger charge is 2.45. The summed E-state index contributed by atoms with van der Waals surface area (Å²) in [7, 11) is 0. The molecule has 2 aliphatic carbocycles. The summed E-state index contributed by atoms with van der Waals surface area (Å²) < 4.78 is 5.46. The van der Waals surface area contributed by atoms with E-state index in [0.29, 0.717) is 0 Å². The summed E-state index contributed by atoms with van der Waals surface area (Å²) in [5, 5.41) is 17.8. The highest BCUT2D eigenvalue weighted by Crippen LogP contribution is 2.32. The summed E-state index contributed by atoms with van der Waals surface area (Å²) in [6, 6.07) is 5.58. The summed E-state index contributed by atoms with van der Waals surface area (Å²) in [4.78, 5) is 53.4. The summed E-state index contributed by atoms with van der Waals surface area (Å²) in [6.45, 7) is 5.34. The van der Waals surface area contributed by atoms with Crippen LogP contribution in [-0.2, 0) is 20.7 Å². The van der Waals surface area contributed by atoms with Crippen LogP contribution in [0.4, 0.5) is 9.59 Å². The molecule has 10 nitrogen and oxygen atoms in total. The maximum atomic E-state index is 14.1. The van der Waals surface area contributed by atoms with E-state index in [2.05, 4.69) is 22.0 Å². The van der Waals surface area contributed by atoms with E-state index in [1.54, 1.807) is 20.8 Å². The van der Waals surface area contributed by atoms with E-state index in [0.717, 1.165) is 56.9 Å². The highest BCUT2D eigenvalue weighted by molar-refractivity contribution is 5.92. The number of aryl methyl sites for hydroxylation is 1. The number of nitrogens with zero attached hydrogens (tertiary/aromatic N) is 1. The van der Waals surface area contributed by atoms with Gasteiger partial charge in [0.1, 0.15) is 17.7 Å². The van der Waals surface area contributed by atoms with Crippen LogP contribution < -0.4 is 16.0 Å². The molecule has 1 aromatic rings. The molecule has 4 amide bonds. The van der Waals surface area contributed by atoms with Gasteiger partial charge >= 0.3 is 12.2 Å². The third kappa shape index (κ3) is 7.42. The van der Waals surface area contributed by atoms with Crippen LogP contribution in [0.25, 0.3) is 0 Å². The van der Waals surface area contributed by atoms with Gasteiger partial charge in [-0.25, -0.2) is 9.59 Å². The van der Waals surface area contributed by atoms with Gasteiger partial charge in [-0.1, -0.05) is 43.5 Å². The van der Waals surface area contributed by atoms with Crippen LogP contribution in [0.5, 0.6) is 0 Å². The molecule has 1 saturated carbocycles. The van der Waals surface area contributed by atoms with Gasteiger partial charge in [-0.2, -0.15) is 0 Å². The molecule has 1 heterocycles. The standard InChI is InChI=1S/C29H42N4O6/c1-29(2,3)39-28(38)32-24(19-11-5-4-6-12-19)26(35)33-17-20(30-27(36)37)16-23(33)25(34)31-22-15-9-13-18-10-7-8-14-21(18)22/h7-8,10,14,19-20,22-24,30H,4-6,9,11-13,15-17H2,1-3H3,(H,31,34)(H,32,38)(H,36,37)/t20-,22+,23-,24-/m0/s1. The van der Waals surface area contributed by atoms with Gasteiger partial charge in [-0.15, -0.1) is 0 Å². The number of nitrogens with one attached hydrogen (secondary N) is 3. The van der Waals surface area contributed by atoms with Gasteiger partial charge in [0.05, 0.1) is 12.1 Å². The lowest BCUT2D eigenvalue weighted by atomic mass is 9.83. The Balaban J connectivity index is 1.56. The highest BCUT2D eigenvalue weighted by atomic mass is 16.6. The number of carbonyl (C=O) groups is 4. The fraction of sp³-hybridized carbons (Fsp3) is 0.655. The second-order valence-corrected chi connectivity index (χ2v) is 12.1. The normalized spacial score (nSPS) is 24.3. The first-order valence-corrected chi connectivity index (χ1v) is 14.2. The molecule has 1 saturated heterocycles. The molecule has 0 bridgehead atoms. The SMILES string of the molecule is CC(C)(C)OC(=O)N[C@H](C(=O)N1C[C@@H](NC(=O)O)C[C@H]1C(=O)N[C@@H]1CCCc2ccccc21)C1CCCCC1. The van der Waals surface area contributed by atoms with Gasteiger partial charge in [0.2, 0.25) is 11.8 Å². The largest absolute Gasteiger partial charge is 0.465 e. The van der Waals surface area contributed by atoms with Crippen LogP contribution in [0.2, 0.25) is 0 Å². The Morgan fingerprint density at radius 1 is 1.00 bits per heavy atom.